The van der Waals surface area contributed by atoms with Crippen LogP contribution in [-0.4, -0.2) is 47.8 Å². The first-order valence-corrected chi connectivity index (χ1v) is 7.52. The highest BCUT2D eigenvalue weighted by Gasteiger charge is 2.31. The van der Waals surface area contributed by atoms with Crippen LogP contribution in [0.15, 0.2) is 11.4 Å². The van der Waals surface area contributed by atoms with Crippen LogP contribution in [0.4, 0.5) is 0 Å². The second-order valence-corrected chi connectivity index (χ2v) is 6.19. The molecule has 1 N–H and O–H groups in total. The zero-order chi connectivity index (χ0) is 14.6. The Labute approximate surface area is 123 Å². The molecule has 0 atom stereocenters. The number of morpholine rings is 1. The average molecular weight is 293 g/mol. The molecule has 0 aliphatic carbocycles. The van der Waals surface area contributed by atoms with Crippen molar-refractivity contribution in [3.63, 3.8) is 0 Å². The Balaban J connectivity index is 2.14. The van der Waals surface area contributed by atoms with Crippen LogP contribution in [-0.2, 0) is 4.74 Å². The fourth-order valence-corrected chi connectivity index (χ4v) is 2.94. The Morgan fingerprint density at radius 1 is 1.60 bits per heavy atom. The van der Waals surface area contributed by atoms with E-state index in [-0.39, 0.29) is 18.1 Å². The second kappa shape index (κ2) is 6.40. The Bertz CT molecular complexity index is 539. The fourth-order valence-electron chi connectivity index (χ4n) is 2.12. The molecule has 2 heterocycles. The summed E-state index contributed by atoms with van der Waals surface area (Å²) in [5.41, 5.74) is 0.450. The first-order valence-electron chi connectivity index (χ1n) is 6.64. The van der Waals surface area contributed by atoms with E-state index >= 15 is 0 Å². The van der Waals surface area contributed by atoms with Crippen molar-refractivity contribution in [3.8, 4) is 11.8 Å². The van der Waals surface area contributed by atoms with Gasteiger partial charge in [0.05, 0.1) is 18.8 Å². The van der Waals surface area contributed by atoms with E-state index in [1.807, 2.05) is 30.2 Å². The highest BCUT2D eigenvalue weighted by molar-refractivity contribution is 7.12. The number of hydrogen-bond acceptors (Lipinski definition) is 4. The van der Waals surface area contributed by atoms with Gasteiger partial charge in [-0.3, -0.25) is 4.79 Å². The topological polar surface area (TPSA) is 49.8 Å². The third-order valence-corrected chi connectivity index (χ3v) is 3.93. The number of aliphatic hydroxyl groups is 1. The number of carbonyl (C=O) groups excluding carboxylic acids is 1. The molecule has 4 nitrogen and oxygen atoms in total. The molecule has 1 aromatic heterocycles. The Kier molecular flexibility index (Phi) is 4.81. The third kappa shape index (κ3) is 3.60. The number of thiophene rings is 1. The summed E-state index contributed by atoms with van der Waals surface area (Å²) in [4.78, 5) is 15.1. The molecule has 0 aromatic carbocycles. The fraction of sp³-hybridized carbons (Fsp3) is 0.533. The summed E-state index contributed by atoms with van der Waals surface area (Å²) in [5.74, 6) is 5.84. The van der Waals surface area contributed by atoms with E-state index < -0.39 is 0 Å². The average Bonchev–Trinajstić information content (AvgIpc) is 2.85. The van der Waals surface area contributed by atoms with Crippen LogP contribution >= 0.6 is 11.3 Å². The molecular formula is C15H19NO3S. The van der Waals surface area contributed by atoms with Gasteiger partial charge in [-0.05, 0) is 25.3 Å². The van der Waals surface area contributed by atoms with Crippen molar-refractivity contribution in [2.24, 2.45) is 0 Å². The molecule has 2 rings (SSSR count). The molecule has 1 aromatic rings. The molecule has 1 aliphatic heterocycles. The van der Waals surface area contributed by atoms with Gasteiger partial charge in [-0.15, -0.1) is 11.3 Å². The van der Waals surface area contributed by atoms with Gasteiger partial charge < -0.3 is 14.7 Å². The smallest absolute Gasteiger partial charge is 0.265 e. The van der Waals surface area contributed by atoms with E-state index in [0.717, 1.165) is 5.56 Å². The van der Waals surface area contributed by atoms with E-state index in [4.69, 9.17) is 9.84 Å². The highest BCUT2D eigenvalue weighted by atomic mass is 32.1. The molecule has 0 radical (unpaired) electrons. The van der Waals surface area contributed by atoms with Crippen molar-refractivity contribution in [2.45, 2.75) is 25.9 Å². The molecule has 20 heavy (non-hydrogen) atoms. The van der Waals surface area contributed by atoms with Gasteiger partial charge in [-0.2, -0.15) is 0 Å². The summed E-state index contributed by atoms with van der Waals surface area (Å²) in [6.07, 6.45) is 0.425. The normalized spacial score (nSPS) is 17.4. The van der Waals surface area contributed by atoms with E-state index in [9.17, 15) is 4.79 Å². The summed E-state index contributed by atoms with van der Waals surface area (Å²) in [6, 6.07) is 1.86. The maximum absolute atomic E-state index is 12.6. The second-order valence-electron chi connectivity index (χ2n) is 5.27. The highest BCUT2D eigenvalue weighted by Crippen LogP contribution is 2.22. The van der Waals surface area contributed by atoms with Crippen molar-refractivity contribution < 1.29 is 14.6 Å². The molecule has 1 amide bonds. The van der Waals surface area contributed by atoms with Gasteiger partial charge in [0.25, 0.3) is 5.91 Å². The van der Waals surface area contributed by atoms with Gasteiger partial charge in [-0.25, -0.2) is 0 Å². The van der Waals surface area contributed by atoms with Gasteiger partial charge in [0, 0.05) is 25.1 Å². The van der Waals surface area contributed by atoms with E-state index in [2.05, 4.69) is 11.8 Å². The summed E-state index contributed by atoms with van der Waals surface area (Å²) < 4.78 is 5.63. The lowest BCUT2D eigenvalue weighted by atomic mass is 10.1. The predicted molar refractivity (Wildman–Crippen MR) is 78.8 cm³/mol. The van der Waals surface area contributed by atoms with Gasteiger partial charge in [0.15, 0.2) is 0 Å². The van der Waals surface area contributed by atoms with Crippen LogP contribution in [0, 0.1) is 11.8 Å². The van der Waals surface area contributed by atoms with Gasteiger partial charge in [0.1, 0.15) is 4.88 Å². The monoisotopic (exact) mass is 293 g/mol. The Morgan fingerprint density at radius 3 is 3.10 bits per heavy atom. The van der Waals surface area contributed by atoms with Gasteiger partial charge in [-0.1, -0.05) is 11.8 Å². The molecule has 1 fully saturated rings. The van der Waals surface area contributed by atoms with Crippen LogP contribution in [0.3, 0.4) is 0 Å². The third-order valence-electron chi connectivity index (χ3n) is 3.03. The van der Waals surface area contributed by atoms with Crippen molar-refractivity contribution in [1.29, 1.82) is 0 Å². The first kappa shape index (κ1) is 15.0. The van der Waals surface area contributed by atoms with E-state index in [1.165, 1.54) is 11.3 Å². The van der Waals surface area contributed by atoms with E-state index in [0.29, 0.717) is 31.0 Å². The maximum atomic E-state index is 12.6. The number of amides is 1. The predicted octanol–water partition coefficient (Wildman–Crippen LogP) is 1.73. The molecule has 1 aliphatic rings. The summed E-state index contributed by atoms with van der Waals surface area (Å²) in [5, 5.41) is 10.6. The quantitative estimate of drug-likeness (QED) is 0.845. The van der Waals surface area contributed by atoms with Crippen molar-refractivity contribution in [3.05, 3.63) is 21.9 Å². The van der Waals surface area contributed by atoms with Crippen molar-refractivity contribution in [2.75, 3.05) is 26.3 Å². The molecule has 5 heteroatoms. The maximum Gasteiger partial charge on any atom is 0.265 e. The summed E-state index contributed by atoms with van der Waals surface area (Å²) in [6.45, 7) is 5.79. The van der Waals surface area contributed by atoms with Crippen LogP contribution in [0.1, 0.15) is 35.5 Å². The SMILES string of the molecule is CC1(C)CN(C(=O)c2sccc2C#CCCO)CCO1. The first-order chi connectivity index (χ1) is 9.53. The van der Waals surface area contributed by atoms with E-state index in [1.54, 1.807) is 0 Å². The standard InChI is InChI=1S/C15H19NO3S/c1-15(2)11-16(7-9-19-15)14(18)13-12(6-10-20-13)5-3-4-8-17/h6,10,17H,4,7-9,11H2,1-2H3. The molecule has 0 bridgehead atoms. The van der Waals surface area contributed by atoms with Crippen molar-refractivity contribution >= 4 is 17.2 Å². The zero-order valence-corrected chi connectivity index (χ0v) is 12.6. The lowest BCUT2D eigenvalue weighted by Gasteiger charge is -2.38. The molecule has 1 saturated heterocycles. The van der Waals surface area contributed by atoms with Crippen molar-refractivity contribution in [1.82, 2.24) is 4.90 Å². The number of carbonyl (C=O) groups is 1. The number of hydrogen-bond donors (Lipinski definition) is 1. The molecule has 0 unspecified atom stereocenters. The molecular weight excluding hydrogens is 274 g/mol. The van der Waals surface area contributed by atoms with Crippen LogP contribution < -0.4 is 0 Å². The Hall–Kier alpha value is -1.35. The number of ether oxygens (including phenoxy) is 1. The zero-order valence-electron chi connectivity index (χ0n) is 11.8. The molecule has 0 saturated carbocycles. The number of rotatable bonds is 2. The lowest BCUT2D eigenvalue weighted by molar-refractivity contribution is -0.0763. The number of nitrogens with zero attached hydrogens (tertiary/aromatic N) is 1. The van der Waals surface area contributed by atoms with Gasteiger partial charge in [0.2, 0.25) is 0 Å². The summed E-state index contributed by atoms with van der Waals surface area (Å²) in [7, 11) is 0. The minimum atomic E-state index is -0.298. The van der Waals surface area contributed by atoms with Crippen LogP contribution in [0.25, 0.3) is 0 Å². The molecule has 0 spiro atoms. The van der Waals surface area contributed by atoms with Gasteiger partial charge >= 0.3 is 0 Å². The number of aliphatic hydroxyl groups excluding tert-OH is 1. The van der Waals surface area contributed by atoms with Crippen LogP contribution in [0.5, 0.6) is 0 Å². The Morgan fingerprint density at radius 2 is 2.40 bits per heavy atom. The largest absolute Gasteiger partial charge is 0.395 e. The minimum Gasteiger partial charge on any atom is -0.395 e. The lowest BCUT2D eigenvalue weighted by Crippen LogP contribution is -2.50. The minimum absolute atomic E-state index is 0.0182. The molecule has 108 valence electrons. The summed E-state index contributed by atoms with van der Waals surface area (Å²) >= 11 is 1.41. The van der Waals surface area contributed by atoms with Crippen LogP contribution in [0.2, 0.25) is 0 Å².